The summed E-state index contributed by atoms with van der Waals surface area (Å²) in [6.07, 6.45) is 5.86. The number of nitrogens with zero attached hydrogens (tertiary/aromatic N) is 3. The standard InChI is InChI=1S/C8H14N4/c1-8(4-9,7-2-3-7)12-6-10-5-11-12/h5-7H,2-4,9H2,1H3. The van der Waals surface area contributed by atoms with Crippen LogP contribution in [0, 0.1) is 5.92 Å². The highest BCUT2D eigenvalue weighted by Crippen LogP contribution is 2.42. The van der Waals surface area contributed by atoms with E-state index in [1.165, 1.54) is 12.8 Å². The van der Waals surface area contributed by atoms with Crippen LogP contribution in [-0.2, 0) is 5.54 Å². The van der Waals surface area contributed by atoms with Crippen LogP contribution in [0.25, 0.3) is 0 Å². The summed E-state index contributed by atoms with van der Waals surface area (Å²) >= 11 is 0. The average molecular weight is 166 g/mol. The summed E-state index contributed by atoms with van der Waals surface area (Å²) in [6, 6.07) is 0. The molecule has 0 spiro atoms. The molecule has 1 aromatic heterocycles. The second kappa shape index (κ2) is 2.55. The lowest BCUT2D eigenvalue weighted by Gasteiger charge is -2.27. The van der Waals surface area contributed by atoms with E-state index in [0.29, 0.717) is 12.5 Å². The number of hydrogen-bond acceptors (Lipinski definition) is 3. The van der Waals surface area contributed by atoms with Crippen LogP contribution in [0.3, 0.4) is 0 Å². The fourth-order valence-corrected chi connectivity index (χ4v) is 1.62. The van der Waals surface area contributed by atoms with E-state index < -0.39 is 0 Å². The number of aromatic nitrogens is 3. The van der Waals surface area contributed by atoms with Crippen molar-refractivity contribution in [2.75, 3.05) is 6.54 Å². The molecule has 0 saturated heterocycles. The number of hydrogen-bond donors (Lipinski definition) is 1. The Balaban J connectivity index is 2.27. The maximum atomic E-state index is 5.75. The first-order valence-electron chi connectivity index (χ1n) is 4.32. The van der Waals surface area contributed by atoms with E-state index in [-0.39, 0.29) is 5.54 Å². The SMILES string of the molecule is CC(CN)(C1CC1)n1cncn1. The van der Waals surface area contributed by atoms with Crippen molar-refractivity contribution in [3.05, 3.63) is 12.7 Å². The van der Waals surface area contributed by atoms with Crippen LogP contribution in [0.5, 0.6) is 0 Å². The van der Waals surface area contributed by atoms with E-state index in [1.807, 2.05) is 4.68 Å². The lowest BCUT2D eigenvalue weighted by atomic mass is 9.96. The smallest absolute Gasteiger partial charge is 0.137 e. The number of nitrogens with two attached hydrogens (primary N) is 1. The molecule has 2 rings (SSSR count). The molecule has 1 aromatic rings. The predicted molar refractivity (Wildman–Crippen MR) is 45.4 cm³/mol. The first-order chi connectivity index (χ1) is 5.77. The summed E-state index contributed by atoms with van der Waals surface area (Å²) in [4.78, 5) is 3.94. The zero-order chi connectivity index (χ0) is 8.60. The normalized spacial score (nSPS) is 22.2. The third-order valence-electron chi connectivity index (χ3n) is 2.81. The zero-order valence-electron chi connectivity index (χ0n) is 7.27. The molecule has 1 unspecified atom stereocenters. The van der Waals surface area contributed by atoms with Crippen molar-refractivity contribution in [3.8, 4) is 0 Å². The van der Waals surface area contributed by atoms with Gasteiger partial charge in [-0.15, -0.1) is 0 Å². The summed E-state index contributed by atoms with van der Waals surface area (Å²) in [5.74, 6) is 0.698. The van der Waals surface area contributed by atoms with Gasteiger partial charge in [-0.3, -0.25) is 0 Å². The lowest BCUT2D eigenvalue weighted by Crippen LogP contribution is -2.40. The fourth-order valence-electron chi connectivity index (χ4n) is 1.62. The van der Waals surface area contributed by atoms with Crippen LogP contribution in [-0.4, -0.2) is 21.3 Å². The maximum absolute atomic E-state index is 5.75. The molecule has 1 saturated carbocycles. The van der Waals surface area contributed by atoms with Gasteiger partial charge in [-0.25, -0.2) is 9.67 Å². The lowest BCUT2D eigenvalue weighted by molar-refractivity contribution is 0.252. The highest BCUT2D eigenvalue weighted by molar-refractivity contribution is 4.96. The average Bonchev–Trinajstić information content (AvgIpc) is 2.80. The van der Waals surface area contributed by atoms with Crippen LogP contribution < -0.4 is 5.73 Å². The first kappa shape index (κ1) is 7.73. The van der Waals surface area contributed by atoms with E-state index in [1.54, 1.807) is 12.7 Å². The van der Waals surface area contributed by atoms with E-state index in [0.717, 1.165) is 0 Å². The van der Waals surface area contributed by atoms with Crippen molar-refractivity contribution in [1.82, 2.24) is 14.8 Å². The highest BCUT2D eigenvalue weighted by Gasteiger charge is 2.42. The van der Waals surface area contributed by atoms with E-state index in [9.17, 15) is 0 Å². The van der Waals surface area contributed by atoms with Crippen molar-refractivity contribution in [1.29, 1.82) is 0 Å². The summed E-state index contributed by atoms with van der Waals surface area (Å²) < 4.78 is 1.89. The molecule has 0 aliphatic heterocycles. The molecular weight excluding hydrogens is 152 g/mol. The van der Waals surface area contributed by atoms with E-state index in [2.05, 4.69) is 17.0 Å². The Kier molecular flexibility index (Phi) is 1.65. The molecule has 66 valence electrons. The van der Waals surface area contributed by atoms with Gasteiger partial charge >= 0.3 is 0 Å². The molecular formula is C8H14N4. The van der Waals surface area contributed by atoms with Crippen molar-refractivity contribution in [2.24, 2.45) is 11.7 Å². The monoisotopic (exact) mass is 166 g/mol. The van der Waals surface area contributed by atoms with E-state index in [4.69, 9.17) is 5.73 Å². The summed E-state index contributed by atoms with van der Waals surface area (Å²) in [7, 11) is 0. The molecule has 4 nitrogen and oxygen atoms in total. The molecule has 0 amide bonds. The van der Waals surface area contributed by atoms with Gasteiger partial charge in [0.2, 0.25) is 0 Å². The van der Waals surface area contributed by atoms with Gasteiger partial charge in [-0.2, -0.15) is 5.10 Å². The zero-order valence-corrected chi connectivity index (χ0v) is 7.27. The van der Waals surface area contributed by atoms with Crippen LogP contribution in [0.4, 0.5) is 0 Å². The third-order valence-corrected chi connectivity index (χ3v) is 2.81. The Labute approximate surface area is 71.8 Å². The topological polar surface area (TPSA) is 56.7 Å². The third kappa shape index (κ3) is 1.03. The molecule has 2 N–H and O–H groups in total. The molecule has 1 aliphatic rings. The van der Waals surface area contributed by atoms with Gasteiger partial charge in [0.1, 0.15) is 12.7 Å². The van der Waals surface area contributed by atoms with Gasteiger partial charge < -0.3 is 5.73 Å². The summed E-state index contributed by atoms with van der Waals surface area (Å²) in [6.45, 7) is 2.79. The first-order valence-corrected chi connectivity index (χ1v) is 4.32. The maximum Gasteiger partial charge on any atom is 0.137 e. The van der Waals surface area contributed by atoms with Gasteiger partial charge in [0.15, 0.2) is 0 Å². The fraction of sp³-hybridized carbons (Fsp3) is 0.750. The van der Waals surface area contributed by atoms with Crippen LogP contribution in [0.1, 0.15) is 19.8 Å². The van der Waals surface area contributed by atoms with Gasteiger partial charge in [0.25, 0.3) is 0 Å². The molecule has 1 heterocycles. The van der Waals surface area contributed by atoms with Crippen molar-refractivity contribution in [3.63, 3.8) is 0 Å². The second-order valence-corrected chi connectivity index (χ2v) is 3.68. The molecule has 0 radical (unpaired) electrons. The van der Waals surface area contributed by atoms with Gasteiger partial charge in [-0.05, 0) is 25.7 Å². The van der Waals surface area contributed by atoms with Crippen molar-refractivity contribution < 1.29 is 0 Å². The largest absolute Gasteiger partial charge is 0.328 e. The van der Waals surface area contributed by atoms with Gasteiger partial charge in [0, 0.05) is 6.54 Å². The molecule has 0 bridgehead atoms. The summed E-state index contributed by atoms with van der Waals surface area (Å²) in [5.41, 5.74) is 5.75. The molecule has 12 heavy (non-hydrogen) atoms. The quantitative estimate of drug-likeness (QED) is 0.705. The van der Waals surface area contributed by atoms with Gasteiger partial charge in [0.05, 0.1) is 5.54 Å². The Morgan fingerprint density at radius 1 is 1.67 bits per heavy atom. The molecule has 0 aromatic carbocycles. The van der Waals surface area contributed by atoms with Crippen LogP contribution in [0.15, 0.2) is 12.7 Å². The predicted octanol–water partition coefficient (Wildman–Crippen LogP) is 0.362. The van der Waals surface area contributed by atoms with Crippen LogP contribution in [0.2, 0.25) is 0 Å². The summed E-state index contributed by atoms with van der Waals surface area (Å²) in [5, 5.41) is 4.15. The highest BCUT2D eigenvalue weighted by atomic mass is 15.4. The Morgan fingerprint density at radius 3 is 2.83 bits per heavy atom. The van der Waals surface area contributed by atoms with E-state index >= 15 is 0 Å². The van der Waals surface area contributed by atoms with Gasteiger partial charge in [-0.1, -0.05) is 0 Å². The van der Waals surface area contributed by atoms with Crippen LogP contribution >= 0.6 is 0 Å². The molecule has 1 aliphatic carbocycles. The minimum atomic E-state index is -0.00347. The van der Waals surface area contributed by atoms with Crippen molar-refractivity contribution in [2.45, 2.75) is 25.3 Å². The molecule has 1 atom stereocenters. The Hall–Kier alpha value is -0.900. The number of rotatable bonds is 3. The van der Waals surface area contributed by atoms with Crippen molar-refractivity contribution >= 4 is 0 Å². The minimum Gasteiger partial charge on any atom is -0.328 e. The Morgan fingerprint density at radius 2 is 2.42 bits per heavy atom. The molecule has 1 fully saturated rings. The Bertz CT molecular complexity index is 252. The minimum absolute atomic E-state index is 0.00347. The second-order valence-electron chi connectivity index (χ2n) is 3.68. The molecule has 4 heteroatoms.